The second-order valence-corrected chi connectivity index (χ2v) is 5.98. The van der Waals surface area contributed by atoms with Gasteiger partial charge in [-0.05, 0) is 31.9 Å². The van der Waals surface area contributed by atoms with Gasteiger partial charge in [0.05, 0.1) is 18.8 Å². The largest absolute Gasteiger partial charge is 0.376 e. The third-order valence-electron chi connectivity index (χ3n) is 4.22. The minimum absolute atomic E-state index is 0.0468. The van der Waals surface area contributed by atoms with Crippen LogP contribution in [0.1, 0.15) is 63.5 Å². The average molecular weight is 293 g/mol. The van der Waals surface area contributed by atoms with Gasteiger partial charge in [0.25, 0.3) is 0 Å². The standard InChI is InChI=1S/C18H28FNO/c1-2-13-20-18(16-11-7-8-12-17(16)19)14-21-15-9-5-3-4-6-10-15/h7-8,11-12,15,18,20H,2-6,9-10,13-14H2,1H3. The van der Waals surface area contributed by atoms with Crippen molar-refractivity contribution >= 4 is 0 Å². The number of rotatable bonds is 7. The number of halogens is 1. The quantitative estimate of drug-likeness (QED) is 0.741. The molecule has 1 aromatic rings. The Balaban J connectivity index is 1.94. The normalized spacial score (nSPS) is 18.4. The van der Waals surface area contributed by atoms with Crippen molar-refractivity contribution in [1.29, 1.82) is 0 Å². The molecule has 0 spiro atoms. The van der Waals surface area contributed by atoms with Crippen LogP contribution in [-0.2, 0) is 4.74 Å². The Morgan fingerprint density at radius 3 is 2.57 bits per heavy atom. The van der Waals surface area contributed by atoms with Crippen molar-refractivity contribution in [3.63, 3.8) is 0 Å². The molecule has 0 saturated heterocycles. The molecule has 0 radical (unpaired) electrons. The van der Waals surface area contributed by atoms with Crippen molar-refractivity contribution in [2.45, 2.75) is 64.0 Å². The van der Waals surface area contributed by atoms with Crippen LogP contribution in [-0.4, -0.2) is 19.3 Å². The van der Waals surface area contributed by atoms with Crippen LogP contribution in [0.15, 0.2) is 24.3 Å². The Morgan fingerprint density at radius 2 is 1.90 bits per heavy atom. The number of nitrogens with one attached hydrogen (secondary N) is 1. The molecule has 1 fully saturated rings. The highest BCUT2D eigenvalue weighted by molar-refractivity contribution is 5.21. The molecule has 1 saturated carbocycles. The topological polar surface area (TPSA) is 21.3 Å². The molecule has 1 aromatic carbocycles. The van der Waals surface area contributed by atoms with E-state index in [9.17, 15) is 4.39 Å². The molecule has 0 heterocycles. The molecule has 0 aromatic heterocycles. The number of hydrogen-bond donors (Lipinski definition) is 1. The minimum atomic E-state index is -0.143. The van der Waals surface area contributed by atoms with Gasteiger partial charge in [-0.25, -0.2) is 4.39 Å². The van der Waals surface area contributed by atoms with Crippen molar-refractivity contribution < 1.29 is 9.13 Å². The van der Waals surface area contributed by atoms with Crippen LogP contribution in [0.25, 0.3) is 0 Å². The highest BCUT2D eigenvalue weighted by Gasteiger charge is 2.18. The number of hydrogen-bond acceptors (Lipinski definition) is 2. The van der Waals surface area contributed by atoms with Crippen molar-refractivity contribution in [1.82, 2.24) is 5.32 Å². The monoisotopic (exact) mass is 293 g/mol. The molecule has 0 aliphatic heterocycles. The summed E-state index contributed by atoms with van der Waals surface area (Å²) in [5.41, 5.74) is 0.722. The summed E-state index contributed by atoms with van der Waals surface area (Å²) in [4.78, 5) is 0. The zero-order chi connectivity index (χ0) is 14.9. The zero-order valence-electron chi connectivity index (χ0n) is 13.1. The van der Waals surface area contributed by atoms with E-state index >= 15 is 0 Å². The van der Waals surface area contributed by atoms with Crippen LogP contribution in [0.4, 0.5) is 4.39 Å². The summed E-state index contributed by atoms with van der Waals surface area (Å²) in [5.74, 6) is -0.143. The maximum atomic E-state index is 14.0. The lowest BCUT2D eigenvalue weighted by atomic mass is 10.1. The Hall–Kier alpha value is -0.930. The molecule has 1 aliphatic rings. The molecular formula is C18H28FNO. The first-order chi connectivity index (χ1) is 10.3. The van der Waals surface area contributed by atoms with Crippen LogP contribution < -0.4 is 5.32 Å². The molecule has 3 heteroatoms. The summed E-state index contributed by atoms with van der Waals surface area (Å²) >= 11 is 0. The second kappa shape index (κ2) is 9.16. The molecule has 2 nitrogen and oxygen atoms in total. The van der Waals surface area contributed by atoms with Gasteiger partial charge in [0.15, 0.2) is 0 Å². The molecule has 0 amide bonds. The Kier molecular flexibility index (Phi) is 7.17. The lowest BCUT2D eigenvalue weighted by Gasteiger charge is -2.23. The molecule has 1 N–H and O–H groups in total. The van der Waals surface area contributed by atoms with Gasteiger partial charge in [-0.15, -0.1) is 0 Å². The third-order valence-corrected chi connectivity index (χ3v) is 4.22. The predicted octanol–water partition coefficient (Wildman–Crippen LogP) is 4.61. The fourth-order valence-corrected chi connectivity index (χ4v) is 2.98. The zero-order valence-corrected chi connectivity index (χ0v) is 13.1. The van der Waals surface area contributed by atoms with Gasteiger partial charge in [0, 0.05) is 5.56 Å². The van der Waals surface area contributed by atoms with Gasteiger partial charge in [-0.2, -0.15) is 0 Å². The van der Waals surface area contributed by atoms with Crippen molar-refractivity contribution in [2.75, 3.05) is 13.2 Å². The van der Waals surface area contributed by atoms with Crippen LogP contribution in [0.3, 0.4) is 0 Å². The van der Waals surface area contributed by atoms with Crippen LogP contribution >= 0.6 is 0 Å². The molecule has 1 aliphatic carbocycles. The smallest absolute Gasteiger partial charge is 0.128 e. The van der Waals surface area contributed by atoms with E-state index in [0.29, 0.717) is 12.7 Å². The minimum Gasteiger partial charge on any atom is -0.376 e. The first-order valence-electron chi connectivity index (χ1n) is 8.40. The third kappa shape index (κ3) is 5.40. The lowest BCUT2D eigenvalue weighted by Crippen LogP contribution is -2.29. The van der Waals surface area contributed by atoms with E-state index < -0.39 is 0 Å². The Labute approximate surface area is 128 Å². The van der Waals surface area contributed by atoms with Gasteiger partial charge in [0.1, 0.15) is 5.82 Å². The molecule has 1 atom stereocenters. The van der Waals surface area contributed by atoms with E-state index in [2.05, 4.69) is 12.2 Å². The van der Waals surface area contributed by atoms with Gasteiger partial charge < -0.3 is 10.1 Å². The first kappa shape index (κ1) is 16.4. The van der Waals surface area contributed by atoms with Crippen LogP contribution in [0.2, 0.25) is 0 Å². The summed E-state index contributed by atoms with van der Waals surface area (Å²) in [5, 5.41) is 3.42. The maximum Gasteiger partial charge on any atom is 0.128 e. The van der Waals surface area contributed by atoms with E-state index in [0.717, 1.165) is 31.4 Å². The first-order valence-corrected chi connectivity index (χ1v) is 8.40. The molecule has 118 valence electrons. The SMILES string of the molecule is CCCNC(COC1CCCCCC1)c1ccccc1F. The molecule has 2 rings (SSSR count). The van der Waals surface area contributed by atoms with Gasteiger partial charge >= 0.3 is 0 Å². The molecule has 1 unspecified atom stereocenters. The van der Waals surface area contributed by atoms with E-state index in [-0.39, 0.29) is 11.9 Å². The van der Waals surface area contributed by atoms with E-state index in [1.54, 1.807) is 6.07 Å². The Morgan fingerprint density at radius 1 is 1.19 bits per heavy atom. The highest BCUT2D eigenvalue weighted by Crippen LogP contribution is 2.23. The highest BCUT2D eigenvalue weighted by atomic mass is 19.1. The van der Waals surface area contributed by atoms with E-state index in [1.807, 2.05) is 12.1 Å². The molecule has 0 bridgehead atoms. The fraction of sp³-hybridized carbons (Fsp3) is 0.667. The average Bonchev–Trinajstić information content (AvgIpc) is 2.77. The van der Waals surface area contributed by atoms with Gasteiger partial charge in [-0.3, -0.25) is 0 Å². The summed E-state index contributed by atoms with van der Waals surface area (Å²) < 4.78 is 20.1. The predicted molar refractivity (Wildman–Crippen MR) is 84.9 cm³/mol. The number of benzene rings is 1. The summed E-state index contributed by atoms with van der Waals surface area (Å²) in [6, 6.07) is 6.97. The fourth-order valence-electron chi connectivity index (χ4n) is 2.98. The van der Waals surface area contributed by atoms with E-state index in [1.165, 1.54) is 31.7 Å². The summed E-state index contributed by atoms with van der Waals surface area (Å²) in [6.07, 6.45) is 8.86. The van der Waals surface area contributed by atoms with Crippen molar-refractivity contribution in [3.8, 4) is 0 Å². The molecule has 21 heavy (non-hydrogen) atoms. The van der Waals surface area contributed by atoms with Gasteiger partial charge in [0.2, 0.25) is 0 Å². The maximum absolute atomic E-state index is 14.0. The van der Waals surface area contributed by atoms with E-state index in [4.69, 9.17) is 4.74 Å². The van der Waals surface area contributed by atoms with Crippen molar-refractivity contribution in [2.24, 2.45) is 0 Å². The lowest BCUT2D eigenvalue weighted by molar-refractivity contribution is 0.0283. The number of ether oxygens (including phenoxy) is 1. The van der Waals surface area contributed by atoms with Gasteiger partial charge in [-0.1, -0.05) is 50.8 Å². The molecular weight excluding hydrogens is 265 g/mol. The summed E-state index contributed by atoms with van der Waals surface area (Å²) in [7, 11) is 0. The second-order valence-electron chi connectivity index (χ2n) is 5.98. The summed E-state index contributed by atoms with van der Waals surface area (Å²) in [6.45, 7) is 3.57. The Bertz CT molecular complexity index is 402. The van der Waals surface area contributed by atoms with Crippen molar-refractivity contribution in [3.05, 3.63) is 35.6 Å². The van der Waals surface area contributed by atoms with Crippen LogP contribution in [0.5, 0.6) is 0 Å². The van der Waals surface area contributed by atoms with Crippen LogP contribution in [0, 0.1) is 5.82 Å².